The van der Waals surface area contributed by atoms with Gasteiger partial charge in [0.15, 0.2) is 0 Å². The summed E-state index contributed by atoms with van der Waals surface area (Å²) in [4.78, 5) is 4.55. The third-order valence-electron chi connectivity index (χ3n) is 3.64. The van der Waals surface area contributed by atoms with Crippen LogP contribution in [0.15, 0.2) is 12.4 Å². The molecule has 0 aliphatic heterocycles. The quantitative estimate of drug-likeness (QED) is 0.788. The van der Waals surface area contributed by atoms with Crippen LogP contribution in [0.1, 0.15) is 59.3 Å². The molecule has 3 heteroatoms. The average molecular weight is 237 g/mol. The fourth-order valence-corrected chi connectivity index (χ4v) is 2.06. The number of imidazole rings is 1. The number of nitrogens with one attached hydrogen (secondary N) is 1. The summed E-state index contributed by atoms with van der Waals surface area (Å²) < 4.78 is 2.24. The predicted octanol–water partition coefficient (Wildman–Crippen LogP) is 3.38. The van der Waals surface area contributed by atoms with E-state index in [0.717, 1.165) is 25.9 Å². The Labute approximate surface area is 106 Å². The molecule has 1 heterocycles. The van der Waals surface area contributed by atoms with Gasteiger partial charge in [0.2, 0.25) is 0 Å². The molecule has 1 N–H and O–H groups in total. The van der Waals surface area contributed by atoms with Crippen molar-refractivity contribution in [2.45, 2.75) is 60.0 Å². The predicted molar refractivity (Wildman–Crippen MR) is 73.0 cm³/mol. The molecule has 0 fully saturated rings. The summed E-state index contributed by atoms with van der Waals surface area (Å²) in [5.74, 6) is 1.17. The van der Waals surface area contributed by atoms with E-state index in [1.165, 1.54) is 5.82 Å². The smallest absolute Gasteiger partial charge is 0.126 e. The Morgan fingerprint density at radius 2 is 2.06 bits per heavy atom. The Bertz CT molecular complexity index is 328. The Hall–Kier alpha value is -0.830. The highest BCUT2D eigenvalue weighted by Gasteiger charge is 2.31. The molecule has 1 rings (SSSR count). The lowest BCUT2D eigenvalue weighted by Crippen LogP contribution is -2.36. The lowest BCUT2D eigenvalue weighted by molar-refractivity contribution is 0.221. The molecule has 1 unspecified atom stereocenters. The van der Waals surface area contributed by atoms with Gasteiger partial charge in [0.1, 0.15) is 5.82 Å². The van der Waals surface area contributed by atoms with Crippen LogP contribution in [0.3, 0.4) is 0 Å². The molecular weight excluding hydrogens is 210 g/mol. The minimum atomic E-state index is 0.230. The summed E-state index contributed by atoms with van der Waals surface area (Å²) in [6, 6.07) is 0.336. The lowest BCUT2D eigenvalue weighted by atomic mass is 9.81. The molecule has 0 saturated carbocycles. The highest BCUT2D eigenvalue weighted by Crippen LogP contribution is 2.35. The standard InChI is InChI=1S/C14H27N3/c1-6-9-15-12(14(4,5)7-2)13-16-10-11-17(13)8-3/h10-12,15H,6-9H2,1-5H3. The fourth-order valence-electron chi connectivity index (χ4n) is 2.06. The zero-order chi connectivity index (χ0) is 12.9. The van der Waals surface area contributed by atoms with Gasteiger partial charge in [-0.3, -0.25) is 0 Å². The Morgan fingerprint density at radius 1 is 1.35 bits per heavy atom. The van der Waals surface area contributed by atoms with Crippen LogP contribution in [0, 0.1) is 5.41 Å². The largest absolute Gasteiger partial charge is 0.334 e. The Kier molecular flexibility index (Phi) is 5.19. The minimum absolute atomic E-state index is 0.230. The van der Waals surface area contributed by atoms with Crippen LogP contribution in [-0.2, 0) is 6.54 Å². The van der Waals surface area contributed by atoms with E-state index >= 15 is 0 Å². The molecule has 98 valence electrons. The maximum Gasteiger partial charge on any atom is 0.126 e. The van der Waals surface area contributed by atoms with E-state index in [9.17, 15) is 0 Å². The number of hydrogen-bond acceptors (Lipinski definition) is 2. The monoisotopic (exact) mass is 237 g/mol. The molecule has 0 aliphatic rings. The van der Waals surface area contributed by atoms with Crippen molar-refractivity contribution in [2.24, 2.45) is 5.41 Å². The summed E-state index contributed by atoms with van der Waals surface area (Å²) >= 11 is 0. The molecule has 1 atom stereocenters. The minimum Gasteiger partial charge on any atom is -0.334 e. The summed E-state index contributed by atoms with van der Waals surface area (Å²) in [5.41, 5.74) is 0.230. The zero-order valence-electron chi connectivity index (χ0n) is 12.0. The van der Waals surface area contributed by atoms with Crippen molar-refractivity contribution in [3.8, 4) is 0 Å². The van der Waals surface area contributed by atoms with Gasteiger partial charge in [-0.2, -0.15) is 0 Å². The van der Waals surface area contributed by atoms with E-state index in [1.807, 2.05) is 6.20 Å². The van der Waals surface area contributed by atoms with Crippen molar-refractivity contribution in [3.63, 3.8) is 0 Å². The first-order valence-corrected chi connectivity index (χ1v) is 6.81. The zero-order valence-corrected chi connectivity index (χ0v) is 12.0. The van der Waals surface area contributed by atoms with Crippen LogP contribution in [-0.4, -0.2) is 16.1 Å². The first-order valence-electron chi connectivity index (χ1n) is 6.81. The summed E-state index contributed by atoms with van der Waals surface area (Å²) in [7, 11) is 0. The van der Waals surface area contributed by atoms with Gasteiger partial charge in [-0.05, 0) is 31.7 Å². The maximum absolute atomic E-state index is 4.55. The van der Waals surface area contributed by atoms with Gasteiger partial charge in [-0.25, -0.2) is 4.98 Å². The molecule has 1 aromatic rings. The van der Waals surface area contributed by atoms with E-state index in [2.05, 4.69) is 55.7 Å². The van der Waals surface area contributed by atoms with Crippen LogP contribution >= 0.6 is 0 Å². The van der Waals surface area contributed by atoms with Gasteiger partial charge in [0.05, 0.1) is 6.04 Å². The third kappa shape index (κ3) is 3.32. The van der Waals surface area contributed by atoms with Gasteiger partial charge >= 0.3 is 0 Å². The van der Waals surface area contributed by atoms with E-state index in [4.69, 9.17) is 0 Å². The highest BCUT2D eigenvalue weighted by molar-refractivity contribution is 5.04. The van der Waals surface area contributed by atoms with Gasteiger partial charge in [0.25, 0.3) is 0 Å². The lowest BCUT2D eigenvalue weighted by Gasteiger charge is -2.34. The number of aromatic nitrogens is 2. The fraction of sp³-hybridized carbons (Fsp3) is 0.786. The number of nitrogens with zero attached hydrogens (tertiary/aromatic N) is 2. The van der Waals surface area contributed by atoms with E-state index < -0.39 is 0 Å². The molecule has 3 nitrogen and oxygen atoms in total. The van der Waals surface area contributed by atoms with Gasteiger partial charge in [-0.15, -0.1) is 0 Å². The molecule has 1 aromatic heterocycles. The molecule has 0 spiro atoms. The number of aryl methyl sites for hydroxylation is 1. The number of rotatable bonds is 7. The van der Waals surface area contributed by atoms with E-state index in [-0.39, 0.29) is 5.41 Å². The van der Waals surface area contributed by atoms with E-state index in [0.29, 0.717) is 6.04 Å². The van der Waals surface area contributed by atoms with Gasteiger partial charge in [0, 0.05) is 18.9 Å². The molecule has 0 bridgehead atoms. The molecular formula is C14H27N3. The van der Waals surface area contributed by atoms with Gasteiger partial charge < -0.3 is 9.88 Å². The second-order valence-electron chi connectivity index (χ2n) is 5.30. The topological polar surface area (TPSA) is 29.9 Å². The van der Waals surface area contributed by atoms with Crippen molar-refractivity contribution >= 4 is 0 Å². The van der Waals surface area contributed by atoms with Gasteiger partial charge in [-0.1, -0.05) is 27.7 Å². The van der Waals surface area contributed by atoms with Crippen LogP contribution in [0.25, 0.3) is 0 Å². The van der Waals surface area contributed by atoms with Crippen LogP contribution < -0.4 is 5.32 Å². The van der Waals surface area contributed by atoms with Crippen molar-refractivity contribution in [3.05, 3.63) is 18.2 Å². The third-order valence-corrected chi connectivity index (χ3v) is 3.64. The highest BCUT2D eigenvalue weighted by atomic mass is 15.1. The average Bonchev–Trinajstić information content (AvgIpc) is 2.77. The SMILES string of the molecule is CCCNC(c1nccn1CC)C(C)(C)CC. The van der Waals surface area contributed by atoms with Crippen molar-refractivity contribution in [1.82, 2.24) is 14.9 Å². The van der Waals surface area contributed by atoms with Crippen LogP contribution in [0.2, 0.25) is 0 Å². The Balaban J connectivity index is 2.97. The molecule has 17 heavy (non-hydrogen) atoms. The van der Waals surface area contributed by atoms with E-state index in [1.54, 1.807) is 0 Å². The number of hydrogen-bond donors (Lipinski definition) is 1. The molecule has 0 aromatic carbocycles. The molecule has 0 saturated heterocycles. The van der Waals surface area contributed by atoms with Crippen LogP contribution in [0.5, 0.6) is 0 Å². The van der Waals surface area contributed by atoms with Crippen molar-refractivity contribution in [1.29, 1.82) is 0 Å². The van der Waals surface area contributed by atoms with Crippen molar-refractivity contribution < 1.29 is 0 Å². The Morgan fingerprint density at radius 3 is 2.59 bits per heavy atom. The normalized spacial score (nSPS) is 13.9. The molecule has 0 radical (unpaired) electrons. The summed E-state index contributed by atoms with van der Waals surface area (Å²) in [6.07, 6.45) is 6.28. The van der Waals surface area contributed by atoms with Crippen molar-refractivity contribution in [2.75, 3.05) is 6.54 Å². The maximum atomic E-state index is 4.55. The second-order valence-corrected chi connectivity index (χ2v) is 5.30. The summed E-state index contributed by atoms with van der Waals surface area (Å²) in [5, 5.41) is 3.65. The molecule has 0 amide bonds. The summed E-state index contributed by atoms with van der Waals surface area (Å²) in [6.45, 7) is 13.3. The van der Waals surface area contributed by atoms with Crippen LogP contribution in [0.4, 0.5) is 0 Å². The first-order chi connectivity index (χ1) is 8.06. The first kappa shape index (κ1) is 14.2. The second kappa shape index (κ2) is 6.20. The molecule has 0 aliphatic carbocycles.